The van der Waals surface area contributed by atoms with Crippen molar-refractivity contribution in [1.29, 1.82) is 0 Å². The first-order valence-electron chi connectivity index (χ1n) is 9.24. The van der Waals surface area contributed by atoms with Crippen LogP contribution in [-0.4, -0.2) is 30.1 Å². The Morgan fingerprint density at radius 2 is 1.68 bits per heavy atom. The third-order valence-corrected chi connectivity index (χ3v) is 5.21. The Bertz CT molecular complexity index is 671. The zero-order valence-electron chi connectivity index (χ0n) is 15.1. The molecule has 2 aromatic carbocycles. The van der Waals surface area contributed by atoms with Gasteiger partial charge in [0, 0.05) is 12.1 Å². The van der Waals surface area contributed by atoms with Crippen molar-refractivity contribution in [1.82, 2.24) is 4.90 Å². The second-order valence-corrected chi connectivity index (χ2v) is 6.67. The van der Waals surface area contributed by atoms with Crippen LogP contribution in [0.4, 0.5) is 0 Å². The van der Waals surface area contributed by atoms with E-state index in [1.807, 2.05) is 43.3 Å². The highest BCUT2D eigenvalue weighted by molar-refractivity contribution is 5.79. The Morgan fingerprint density at radius 3 is 2.28 bits per heavy atom. The number of hydrogen-bond donors (Lipinski definition) is 0. The van der Waals surface area contributed by atoms with Gasteiger partial charge in [0.2, 0.25) is 0 Å². The summed E-state index contributed by atoms with van der Waals surface area (Å²) >= 11 is 0. The van der Waals surface area contributed by atoms with Gasteiger partial charge in [-0.25, -0.2) is 0 Å². The lowest BCUT2D eigenvalue weighted by atomic mass is 9.89. The van der Waals surface area contributed by atoms with Gasteiger partial charge in [-0.3, -0.25) is 9.69 Å². The number of nitrogens with zero attached hydrogens (tertiary/aromatic N) is 1. The lowest BCUT2D eigenvalue weighted by Gasteiger charge is -2.35. The molecule has 0 aliphatic carbocycles. The van der Waals surface area contributed by atoms with Gasteiger partial charge in [-0.1, -0.05) is 60.7 Å². The van der Waals surface area contributed by atoms with Crippen molar-refractivity contribution in [2.75, 3.05) is 13.2 Å². The molecule has 3 rings (SSSR count). The summed E-state index contributed by atoms with van der Waals surface area (Å²) < 4.78 is 5.44. The molecule has 1 aliphatic heterocycles. The average Bonchev–Trinajstić information content (AvgIpc) is 3.12. The molecule has 3 nitrogen and oxygen atoms in total. The number of rotatable bonds is 6. The number of likely N-dealkylation sites (tertiary alicyclic amines) is 1. The molecule has 0 spiro atoms. The Morgan fingerprint density at radius 1 is 1.08 bits per heavy atom. The van der Waals surface area contributed by atoms with Crippen molar-refractivity contribution in [2.45, 2.75) is 44.7 Å². The molecule has 2 aromatic rings. The maximum Gasteiger partial charge on any atom is 0.315 e. The van der Waals surface area contributed by atoms with Crippen LogP contribution in [0.1, 0.15) is 49.8 Å². The van der Waals surface area contributed by atoms with Crippen LogP contribution >= 0.6 is 0 Å². The molecule has 0 saturated carbocycles. The molecule has 1 saturated heterocycles. The van der Waals surface area contributed by atoms with Crippen molar-refractivity contribution < 1.29 is 9.53 Å². The standard InChI is InChI=1S/C22H27NO2/c1-3-25-22(24)21(19-13-8-5-9-14-19)20-15-10-16-23(20)17(2)18-11-6-4-7-12-18/h4-9,11-14,17,20-21H,3,10,15-16H2,1-2H3/t17-,20+,21-/m0/s1. The van der Waals surface area contributed by atoms with Gasteiger partial charge in [-0.05, 0) is 44.4 Å². The van der Waals surface area contributed by atoms with Crippen molar-refractivity contribution >= 4 is 5.97 Å². The van der Waals surface area contributed by atoms with E-state index in [9.17, 15) is 4.79 Å². The quantitative estimate of drug-likeness (QED) is 0.724. The molecule has 1 fully saturated rings. The lowest BCUT2D eigenvalue weighted by molar-refractivity contribution is -0.146. The van der Waals surface area contributed by atoms with E-state index in [1.54, 1.807) is 0 Å². The zero-order chi connectivity index (χ0) is 17.6. The molecule has 0 bridgehead atoms. The topological polar surface area (TPSA) is 29.5 Å². The molecule has 3 atom stereocenters. The molecule has 132 valence electrons. The summed E-state index contributed by atoms with van der Waals surface area (Å²) in [5, 5.41) is 0. The highest BCUT2D eigenvalue weighted by Crippen LogP contribution is 2.37. The molecule has 0 aromatic heterocycles. The maximum atomic E-state index is 12.8. The number of esters is 1. The smallest absolute Gasteiger partial charge is 0.315 e. The van der Waals surface area contributed by atoms with Crippen molar-refractivity contribution in [3.05, 3.63) is 71.8 Å². The minimum Gasteiger partial charge on any atom is -0.465 e. The van der Waals surface area contributed by atoms with Gasteiger partial charge in [0.25, 0.3) is 0 Å². The fraction of sp³-hybridized carbons (Fsp3) is 0.409. The summed E-state index contributed by atoms with van der Waals surface area (Å²) in [4.78, 5) is 15.3. The molecule has 3 heteroatoms. The Labute approximate surface area is 150 Å². The van der Waals surface area contributed by atoms with E-state index in [4.69, 9.17) is 4.74 Å². The predicted molar refractivity (Wildman–Crippen MR) is 100 cm³/mol. The zero-order valence-corrected chi connectivity index (χ0v) is 15.1. The summed E-state index contributed by atoms with van der Waals surface area (Å²) in [6, 6.07) is 21.1. The second-order valence-electron chi connectivity index (χ2n) is 6.67. The number of carbonyl (C=O) groups excluding carboxylic acids is 1. The molecule has 25 heavy (non-hydrogen) atoms. The number of ether oxygens (including phenoxy) is 1. The van der Waals surface area contributed by atoms with E-state index < -0.39 is 0 Å². The molecule has 1 heterocycles. The molecular weight excluding hydrogens is 310 g/mol. The highest BCUT2D eigenvalue weighted by Gasteiger charge is 2.39. The van der Waals surface area contributed by atoms with Gasteiger partial charge < -0.3 is 4.74 Å². The van der Waals surface area contributed by atoms with Crippen LogP contribution in [0.15, 0.2) is 60.7 Å². The van der Waals surface area contributed by atoms with Crippen LogP contribution in [-0.2, 0) is 9.53 Å². The molecule has 0 radical (unpaired) electrons. The fourth-order valence-electron chi connectivity index (χ4n) is 3.98. The fourth-order valence-corrected chi connectivity index (χ4v) is 3.98. The van der Waals surface area contributed by atoms with Gasteiger partial charge in [0.1, 0.15) is 0 Å². The first-order chi connectivity index (χ1) is 12.2. The van der Waals surface area contributed by atoms with Crippen molar-refractivity contribution in [2.24, 2.45) is 0 Å². The van der Waals surface area contributed by atoms with Gasteiger partial charge >= 0.3 is 5.97 Å². The Hall–Kier alpha value is -2.13. The van der Waals surface area contributed by atoms with Crippen LogP contribution in [0.3, 0.4) is 0 Å². The maximum absolute atomic E-state index is 12.8. The van der Waals surface area contributed by atoms with Crippen LogP contribution in [0.25, 0.3) is 0 Å². The summed E-state index contributed by atoms with van der Waals surface area (Å²) in [5.74, 6) is -0.333. The number of carbonyl (C=O) groups is 1. The predicted octanol–water partition coefficient (Wildman–Crippen LogP) is 4.56. The number of benzene rings is 2. The van der Waals surface area contributed by atoms with Gasteiger partial charge in [-0.2, -0.15) is 0 Å². The SMILES string of the molecule is CCOC(=O)[C@@H](c1ccccc1)[C@H]1CCCN1[C@@H](C)c1ccccc1. The summed E-state index contributed by atoms with van der Waals surface area (Å²) in [7, 11) is 0. The molecular formula is C22H27NO2. The summed E-state index contributed by atoms with van der Waals surface area (Å²) in [6.07, 6.45) is 2.14. The molecule has 0 N–H and O–H groups in total. The van der Waals surface area contributed by atoms with E-state index in [-0.39, 0.29) is 24.0 Å². The highest BCUT2D eigenvalue weighted by atomic mass is 16.5. The first-order valence-corrected chi connectivity index (χ1v) is 9.24. The summed E-state index contributed by atoms with van der Waals surface area (Å²) in [5.41, 5.74) is 2.35. The average molecular weight is 337 g/mol. The number of hydrogen-bond acceptors (Lipinski definition) is 3. The van der Waals surface area contributed by atoms with Gasteiger partial charge in [0.15, 0.2) is 0 Å². The van der Waals surface area contributed by atoms with E-state index in [1.165, 1.54) is 5.56 Å². The van der Waals surface area contributed by atoms with E-state index in [0.29, 0.717) is 6.61 Å². The van der Waals surface area contributed by atoms with Gasteiger partial charge in [-0.15, -0.1) is 0 Å². The van der Waals surface area contributed by atoms with Gasteiger partial charge in [0.05, 0.1) is 12.5 Å². The molecule has 0 unspecified atom stereocenters. The summed E-state index contributed by atoms with van der Waals surface area (Å²) in [6.45, 7) is 5.55. The first kappa shape index (κ1) is 17.7. The van der Waals surface area contributed by atoms with E-state index in [2.05, 4.69) is 36.1 Å². The van der Waals surface area contributed by atoms with Crippen molar-refractivity contribution in [3.63, 3.8) is 0 Å². The Kier molecular flexibility index (Phi) is 5.87. The van der Waals surface area contributed by atoms with Crippen LogP contribution < -0.4 is 0 Å². The van der Waals surface area contributed by atoms with E-state index in [0.717, 1.165) is 24.9 Å². The third-order valence-electron chi connectivity index (χ3n) is 5.21. The molecule has 1 aliphatic rings. The van der Waals surface area contributed by atoms with E-state index >= 15 is 0 Å². The monoisotopic (exact) mass is 337 g/mol. The minimum atomic E-state index is -0.227. The second kappa shape index (κ2) is 8.30. The largest absolute Gasteiger partial charge is 0.465 e. The Balaban J connectivity index is 1.90. The molecule has 0 amide bonds. The lowest BCUT2D eigenvalue weighted by Crippen LogP contribution is -2.40. The van der Waals surface area contributed by atoms with Crippen LogP contribution in [0.5, 0.6) is 0 Å². The van der Waals surface area contributed by atoms with Crippen LogP contribution in [0.2, 0.25) is 0 Å². The van der Waals surface area contributed by atoms with Crippen molar-refractivity contribution in [3.8, 4) is 0 Å². The van der Waals surface area contributed by atoms with Crippen LogP contribution in [0, 0.1) is 0 Å². The normalized spacial score (nSPS) is 20.2. The minimum absolute atomic E-state index is 0.106. The third kappa shape index (κ3) is 3.93.